The van der Waals surface area contributed by atoms with Crippen molar-refractivity contribution in [3.63, 3.8) is 0 Å². The van der Waals surface area contributed by atoms with E-state index >= 15 is 0 Å². The molecule has 0 atom stereocenters. The van der Waals surface area contributed by atoms with Crippen molar-refractivity contribution in [3.8, 4) is 0 Å². The fourth-order valence-corrected chi connectivity index (χ4v) is 4.95. The van der Waals surface area contributed by atoms with Crippen molar-refractivity contribution in [2.24, 2.45) is 0 Å². The molecule has 0 radical (unpaired) electrons. The molecule has 2 heterocycles. The van der Waals surface area contributed by atoms with Crippen LogP contribution in [0.1, 0.15) is 0 Å². The van der Waals surface area contributed by atoms with Gasteiger partial charge in [0, 0.05) is 24.3 Å². The number of pyridine rings is 2. The smallest absolute Gasteiger partial charge is 0.162 e. The summed E-state index contributed by atoms with van der Waals surface area (Å²) >= 11 is 0. The zero-order valence-electron chi connectivity index (χ0n) is 9.82. The number of aromatic nitrogens is 2. The Kier molecular flexibility index (Phi) is 3.63. The Bertz CT molecular complexity index is 689. The minimum Gasteiger partial charge on any atom is -0.162 e. The van der Waals surface area contributed by atoms with Crippen molar-refractivity contribution in [3.05, 3.63) is 61.2 Å². The highest BCUT2D eigenvalue weighted by Crippen LogP contribution is 1.94. The topological polar surface area (TPSA) is 76.0 Å². The Morgan fingerprint density at radius 2 is 0.895 bits per heavy atom. The Morgan fingerprint density at radius 1 is 0.579 bits per heavy atom. The summed E-state index contributed by atoms with van der Waals surface area (Å²) in [5.74, 6) is 0. The fraction of sp³-hybridized carbons (Fsp3) is 0.0909. The van der Waals surface area contributed by atoms with Crippen LogP contribution in [0.2, 0.25) is 0 Å². The molecule has 0 unspecified atom stereocenters. The summed E-state index contributed by atoms with van der Waals surface area (Å²) in [5.41, 5.74) is 0. The van der Waals surface area contributed by atoms with Crippen molar-refractivity contribution >= 4 is 20.0 Å². The quantitative estimate of drug-likeness (QED) is 0.698. The summed E-state index contributed by atoms with van der Waals surface area (Å²) in [6.45, 7) is 0. The third kappa shape index (κ3) is 3.15. The average molecular weight is 300 g/mol. The van der Waals surface area contributed by atoms with Gasteiger partial charge in [-0.3, -0.25) is 0 Å². The Balaban J connectivity index is 2.37. The highest BCUT2D eigenvalue weighted by molar-refractivity contribution is 8.02. The summed E-state index contributed by atoms with van der Waals surface area (Å²) < 4.78 is 49.7. The van der Waals surface area contributed by atoms with Gasteiger partial charge in [0.15, 0.2) is 24.8 Å². The minimum absolute atomic E-state index is 0.883. The number of nitrogens with zero attached hydrogens (tertiary/aromatic N) is 2. The van der Waals surface area contributed by atoms with E-state index in [2.05, 4.69) is 0 Å². The highest BCUT2D eigenvalue weighted by atomic mass is 32.3. The van der Waals surface area contributed by atoms with Crippen LogP contribution >= 0.6 is 0 Å². The minimum atomic E-state index is -3.96. The second-order valence-electron chi connectivity index (χ2n) is 3.75. The summed E-state index contributed by atoms with van der Waals surface area (Å²) in [4.78, 5) is 0. The molecule has 2 rings (SSSR count). The van der Waals surface area contributed by atoms with E-state index in [-0.39, 0.29) is 0 Å². The standard InChI is InChI=1S/C11H12N2O4S2/c14-18(15,12-7-3-1-4-8-12)11-19(16,17)13-9-5-2-6-10-13/h1-10H,11H2/q+2. The maximum absolute atomic E-state index is 12.0. The lowest BCUT2D eigenvalue weighted by atomic mass is 10.5. The SMILES string of the molecule is O=S(=O)(CS(=O)(=O)[n+]1ccccc1)[n+]1ccccc1. The summed E-state index contributed by atoms with van der Waals surface area (Å²) in [6, 6.07) is 9.35. The molecule has 0 saturated heterocycles. The van der Waals surface area contributed by atoms with Gasteiger partial charge >= 0.3 is 20.0 Å². The Hall–Kier alpha value is -1.80. The molecule has 0 amide bonds. The van der Waals surface area contributed by atoms with Gasteiger partial charge in [0.2, 0.25) is 0 Å². The molecule has 100 valence electrons. The molecule has 0 aliphatic rings. The first-order valence-electron chi connectivity index (χ1n) is 5.31. The van der Waals surface area contributed by atoms with Crippen LogP contribution in [0.4, 0.5) is 0 Å². The van der Waals surface area contributed by atoms with Crippen LogP contribution in [-0.2, 0) is 20.0 Å². The van der Waals surface area contributed by atoms with Gasteiger partial charge in [0.05, 0.1) is 0 Å². The lowest BCUT2D eigenvalue weighted by molar-refractivity contribution is -0.516. The zero-order chi connectivity index (χ0) is 13.9. The second-order valence-corrected chi connectivity index (χ2v) is 7.87. The van der Waals surface area contributed by atoms with E-state index < -0.39 is 25.1 Å². The van der Waals surface area contributed by atoms with E-state index in [1.807, 2.05) is 0 Å². The molecule has 2 aromatic rings. The van der Waals surface area contributed by atoms with Crippen molar-refractivity contribution in [2.45, 2.75) is 0 Å². The van der Waals surface area contributed by atoms with Gasteiger partial charge in [0.1, 0.15) is 0 Å². The number of hydrogen-bond donors (Lipinski definition) is 0. The molecule has 19 heavy (non-hydrogen) atoms. The molecule has 8 heteroatoms. The number of hydrogen-bond acceptors (Lipinski definition) is 4. The molecule has 0 aliphatic carbocycles. The van der Waals surface area contributed by atoms with Crippen LogP contribution in [0, 0.1) is 0 Å². The maximum Gasteiger partial charge on any atom is 0.390 e. The van der Waals surface area contributed by atoms with E-state index in [1.165, 1.54) is 49.1 Å². The van der Waals surface area contributed by atoms with Gasteiger partial charge in [-0.25, -0.2) is 0 Å². The third-order valence-electron chi connectivity index (χ3n) is 2.32. The van der Waals surface area contributed by atoms with Gasteiger partial charge in [0.25, 0.3) is 5.08 Å². The van der Waals surface area contributed by atoms with E-state index in [1.54, 1.807) is 12.1 Å². The Labute approximate surface area is 111 Å². The summed E-state index contributed by atoms with van der Waals surface area (Å²) in [6.07, 6.45) is 5.17. The van der Waals surface area contributed by atoms with E-state index in [0.29, 0.717) is 0 Å². The first-order chi connectivity index (χ1) is 8.92. The summed E-state index contributed by atoms with van der Waals surface area (Å²) in [5, 5.41) is -0.997. The van der Waals surface area contributed by atoms with Gasteiger partial charge in [-0.05, 0) is 0 Å². The molecule has 0 aliphatic heterocycles. The largest absolute Gasteiger partial charge is 0.390 e. The average Bonchev–Trinajstić information content (AvgIpc) is 2.40. The molecule has 2 aromatic heterocycles. The van der Waals surface area contributed by atoms with Crippen molar-refractivity contribution < 1.29 is 24.8 Å². The van der Waals surface area contributed by atoms with E-state index in [9.17, 15) is 16.8 Å². The summed E-state index contributed by atoms with van der Waals surface area (Å²) in [7, 11) is -7.92. The molecule has 0 fully saturated rings. The molecule has 0 bridgehead atoms. The van der Waals surface area contributed by atoms with Crippen LogP contribution in [0.3, 0.4) is 0 Å². The predicted molar refractivity (Wildman–Crippen MR) is 66.8 cm³/mol. The monoisotopic (exact) mass is 300 g/mol. The highest BCUT2D eigenvalue weighted by Gasteiger charge is 2.35. The van der Waals surface area contributed by atoms with Gasteiger partial charge in [-0.1, -0.05) is 20.1 Å². The van der Waals surface area contributed by atoms with E-state index in [4.69, 9.17) is 0 Å². The van der Waals surface area contributed by atoms with Crippen LogP contribution in [0.25, 0.3) is 0 Å². The van der Waals surface area contributed by atoms with Crippen molar-refractivity contribution in [1.82, 2.24) is 0 Å². The van der Waals surface area contributed by atoms with E-state index in [0.717, 1.165) is 7.94 Å². The fourth-order valence-electron chi connectivity index (χ4n) is 1.45. The normalized spacial score (nSPS) is 12.2. The first-order valence-corrected chi connectivity index (χ1v) is 8.53. The van der Waals surface area contributed by atoms with Gasteiger partial charge < -0.3 is 0 Å². The molecule has 0 spiro atoms. The lowest BCUT2D eigenvalue weighted by Gasteiger charge is -1.98. The molecule has 6 nitrogen and oxygen atoms in total. The third-order valence-corrected chi connectivity index (χ3v) is 6.47. The molecule has 0 aromatic carbocycles. The second kappa shape index (κ2) is 5.06. The van der Waals surface area contributed by atoms with Crippen LogP contribution in [-0.4, -0.2) is 21.9 Å². The van der Waals surface area contributed by atoms with Crippen molar-refractivity contribution in [2.75, 3.05) is 5.08 Å². The first kappa shape index (κ1) is 13.6. The zero-order valence-corrected chi connectivity index (χ0v) is 11.5. The lowest BCUT2D eigenvalue weighted by Crippen LogP contribution is -2.52. The number of rotatable bonds is 4. The van der Waals surface area contributed by atoms with Crippen molar-refractivity contribution in [1.29, 1.82) is 0 Å². The molecular weight excluding hydrogens is 288 g/mol. The Morgan fingerprint density at radius 3 is 1.21 bits per heavy atom. The van der Waals surface area contributed by atoms with Crippen LogP contribution in [0.15, 0.2) is 61.2 Å². The molecule has 0 saturated carbocycles. The van der Waals surface area contributed by atoms with Crippen LogP contribution < -0.4 is 7.94 Å². The van der Waals surface area contributed by atoms with Crippen LogP contribution in [0.5, 0.6) is 0 Å². The predicted octanol–water partition coefficient (Wildman–Crippen LogP) is -0.725. The van der Waals surface area contributed by atoms with Gasteiger partial charge in [-0.15, -0.1) is 0 Å². The maximum atomic E-state index is 12.0. The molecule has 0 N–H and O–H groups in total. The molecular formula is C11H12N2O4S2+2. The van der Waals surface area contributed by atoms with Gasteiger partial charge in [-0.2, -0.15) is 16.8 Å².